The SMILES string of the molecule is CCC1CN(C(=O)C2(CN)CCCCC2)CCS1. The minimum atomic E-state index is -0.224. The van der Waals surface area contributed by atoms with E-state index < -0.39 is 0 Å². The zero-order valence-corrected chi connectivity index (χ0v) is 12.3. The number of amides is 1. The average Bonchev–Trinajstić information content (AvgIpc) is 2.47. The molecule has 4 heteroatoms. The van der Waals surface area contributed by atoms with Gasteiger partial charge in [0.1, 0.15) is 0 Å². The highest BCUT2D eigenvalue weighted by atomic mass is 32.2. The fourth-order valence-electron chi connectivity index (χ4n) is 3.22. The van der Waals surface area contributed by atoms with Gasteiger partial charge in [-0.25, -0.2) is 0 Å². The molecule has 18 heavy (non-hydrogen) atoms. The lowest BCUT2D eigenvalue weighted by atomic mass is 9.73. The third-order valence-electron chi connectivity index (χ3n) is 4.54. The van der Waals surface area contributed by atoms with Gasteiger partial charge in [-0.05, 0) is 19.3 Å². The molecule has 1 aliphatic carbocycles. The van der Waals surface area contributed by atoms with Gasteiger partial charge >= 0.3 is 0 Å². The van der Waals surface area contributed by atoms with E-state index in [4.69, 9.17) is 5.73 Å². The Labute approximate surface area is 115 Å². The zero-order chi connectivity index (χ0) is 13.0. The molecule has 1 amide bonds. The molecule has 1 unspecified atom stereocenters. The van der Waals surface area contributed by atoms with Crippen LogP contribution in [0.15, 0.2) is 0 Å². The molecular weight excluding hydrogens is 244 g/mol. The molecule has 0 aromatic heterocycles. The highest BCUT2D eigenvalue weighted by Gasteiger charge is 2.41. The maximum Gasteiger partial charge on any atom is 0.230 e. The summed E-state index contributed by atoms with van der Waals surface area (Å²) in [4.78, 5) is 14.9. The van der Waals surface area contributed by atoms with Crippen LogP contribution in [0.4, 0.5) is 0 Å². The van der Waals surface area contributed by atoms with E-state index in [1.165, 1.54) is 19.3 Å². The maximum atomic E-state index is 12.8. The van der Waals surface area contributed by atoms with E-state index in [1.807, 2.05) is 11.8 Å². The van der Waals surface area contributed by atoms with Crippen LogP contribution in [0.1, 0.15) is 45.4 Å². The molecule has 1 heterocycles. The van der Waals surface area contributed by atoms with Crippen molar-refractivity contribution in [3.05, 3.63) is 0 Å². The number of rotatable bonds is 3. The van der Waals surface area contributed by atoms with Crippen molar-refractivity contribution in [2.24, 2.45) is 11.1 Å². The summed E-state index contributed by atoms with van der Waals surface area (Å²) in [5.41, 5.74) is 5.74. The first-order chi connectivity index (χ1) is 8.72. The summed E-state index contributed by atoms with van der Waals surface area (Å²) in [5.74, 6) is 1.44. The summed E-state index contributed by atoms with van der Waals surface area (Å²) in [5, 5.41) is 0.626. The van der Waals surface area contributed by atoms with Crippen molar-refractivity contribution in [2.75, 3.05) is 25.4 Å². The van der Waals surface area contributed by atoms with Crippen molar-refractivity contribution in [3.63, 3.8) is 0 Å². The van der Waals surface area contributed by atoms with Crippen molar-refractivity contribution in [3.8, 4) is 0 Å². The van der Waals surface area contributed by atoms with Gasteiger partial charge in [0, 0.05) is 30.6 Å². The first-order valence-electron chi connectivity index (χ1n) is 7.33. The average molecular weight is 270 g/mol. The smallest absolute Gasteiger partial charge is 0.230 e. The van der Waals surface area contributed by atoms with Crippen LogP contribution in [0.5, 0.6) is 0 Å². The van der Waals surface area contributed by atoms with E-state index in [1.54, 1.807) is 0 Å². The van der Waals surface area contributed by atoms with E-state index in [2.05, 4.69) is 11.8 Å². The van der Waals surface area contributed by atoms with Crippen LogP contribution in [-0.2, 0) is 4.79 Å². The van der Waals surface area contributed by atoms with Gasteiger partial charge in [0.05, 0.1) is 5.41 Å². The van der Waals surface area contributed by atoms with Crippen LogP contribution in [0, 0.1) is 5.41 Å². The van der Waals surface area contributed by atoms with Crippen LogP contribution in [0.25, 0.3) is 0 Å². The predicted molar refractivity (Wildman–Crippen MR) is 77.7 cm³/mol. The third kappa shape index (κ3) is 2.85. The Kier molecular flexibility index (Phi) is 4.96. The molecule has 2 rings (SSSR count). The van der Waals surface area contributed by atoms with Crippen molar-refractivity contribution in [2.45, 2.75) is 50.7 Å². The highest BCUT2D eigenvalue weighted by Crippen LogP contribution is 2.38. The van der Waals surface area contributed by atoms with Crippen LogP contribution in [-0.4, -0.2) is 41.4 Å². The summed E-state index contributed by atoms with van der Waals surface area (Å²) >= 11 is 2.01. The molecule has 1 aliphatic heterocycles. The van der Waals surface area contributed by atoms with E-state index in [0.717, 1.165) is 38.1 Å². The van der Waals surface area contributed by atoms with Crippen LogP contribution in [0.3, 0.4) is 0 Å². The van der Waals surface area contributed by atoms with Gasteiger partial charge in [-0.2, -0.15) is 11.8 Å². The molecule has 0 spiro atoms. The molecule has 2 aliphatic rings. The van der Waals surface area contributed by atoms with Gasteiger partial charge in [-0.15, -0.1) is 0 Å². The van der Waals surface area contributed by atoms with Gasteiger partial charge in [-0.1, -0.05) is 26.2 Å². The highest BCUT2D eigenvalue weighted by molar-refractivity contribution is 8.00. The van der Waals surface area contributed by atoms with Crippen molar-refractivity contribution in [1.82, 2.24) is 4.90 Å². The monoisotopic (exact) mass is 270 g/mol. The van der Waals surface area contributed by atoms with Gasteiger partial charge in [0.25, 0.3) is 0 Å². The Morgan fingerprint density at radius 2 is 2.11 bits per heavy atom. The number of carbonyl (C=O) groups excluding carboxylic acids is 1. The molecule has 0 radical (unpaired) electrons. The Morgan fingerprint density at radius 3 is 2.72 bits per heavy atom. The second-order valence-corrected chi connectivity index (χ2v) is 7.11. The quantitative estimate of drug-likeness (QED) is 0.855. The van der Waals surface area contributed by atoms with Crippen LogP contribution < -0.4 is 5.73 Å². The molecule has 1 atom stereocenters. The molecule has 2 fully saturated rings. The lowest BCUT2D eigenvalue weighted by Gasteiger charge is -2.41. The van der Waals surface area contributed by atoms with Crippen LogP contribution in [0.2, 0.25) is 0 Å². The first-order valence-corrected chi connectivity index (χ1v) is 8.38. The molecular formula is C14H26N2OS. The molecule has 0 aromatic rings. The fraction of sp³-hybridized carbons (Fsp3) is 0.929. The molecule has 3 nitrogen and oxygen atoms in total. The Balaban J connectivity index is 2.04. The molecule has 104 valence electrons. The number of nitrogens with zero attached hydrogens (tertiary/aromatic N) is 1. The lowest BCUT2D eigenvalue weighted by Crippen LogP contribution is -2.52. The normalized spacial score (nSPS) is 28.1. The molecule has 1 saturated carbocycles. The van der Waals surface area contributed by atoms with E-state index in [-0.39, 0.29) is 5.41 Å². The summed E-state index contributed by atoms with van der Waals surface area (Å²) < 4.78 is 0. The Bertz CT molecular complexity index is 290. The van der Waals surface area contributed by atoms with Gasteiger partial charge in [-0.3, -0.25) is 4.79 Å². The van der Waals surface area contributed by atoms with E-state index >= 15 is 0 Å². The number of carbonyl (C=O) groups is 1. The zero-order valence-electron chi connectivity index (χ0n) is 11.5. The fourth-order valence-corrected chi connectivity index (χ4v) is 4.40. The second kappa shape index (κ2) is 6.29. The number of nitrogens with two attached hydrogens (primary N) is 1. The maximum absolute atomic E-state index is 12.8. The number of thioether (sulfide) groups is 1. The minimum Gasteiger partial charge on any atom is -0.340 e. The summed E-state index contributed by atoms with van der Waals surface area (Å²) in [6.07, 6.45) is 6.77. The van der Waals surface area contributed by atoms with Crippen molar-refractivity contribution in [1.29, 1.82) is 0 Å². The van der Waals surface area contributed by atoms with Crippen molar-refractivity contribution >= 4 is 17.7 Å². The van der Waals surface area contributed by atoms with Gasteiger partial charge in [0.2, 0.25) is 5.91 Å². The predicted octanol–water partition coefficient (Wildman–Crippen LogP) is 2.25. The van der Waals surface area contributed by atoms with Gasteiger partial charge in [0.15, 0.2) is 0 Å². The van der Waals surface area contributed by atoms with Gasteiger partial charge < -0.3 is 10.6 Å². The third-order valence-corrected chi connectivity index (χ3v) is 5.91. The lowest BCUT2D eigenvalue weighted by molar-refractivity contribution is -0.143. The Hall–Kier alpha value is -0.220. The molecule has 0 aromatic carbocycles. The standard InChI is InChI=1S/C14H26N2OS/c1-2-12-10-16(8-9-18-12)13(17)14(11-15)6-4-3-5-7-14/h12H,2-11,15H2,1H3. The topological polar surface area (TPSA) is 46.3 Å². The van der Waals surface area contributed by atoms with Crippen molar-refractivity contribution < 1.29 is 4.79 Å². The van der Waals surface area contributed by atoms with E-state index in [9.17, 15) is 4.79 Å². The molecule has 1 saturated heterocycles. The van der Waals surface area contributed by atoms with E-state index in [0.29, 0.717) is 17.7 Å². The minimum absolute atomic E-state index is 0.224. The molecule has 2 N–H and O–H groups in total. The summed E-state index contributed by atoms with van der Waals surface area (Å²) in [6.45, 7) is 4.60. The summed E-state index contributed by atoms with van der Waals surface area (Å²) in [7, 11) is 0. The first kappa shape index (κ1) is 14.2. The largest absolute Gasteiger partial charge is 0.340 e. The van der Waals surface area contributed by atoms with Crippen LogP contribution >= 0.6 is 11.8 Å². The molecule has 0 bridgehead atoms. The number of hydrogen-bond acceptors (Lipinski definition) is 3. The summed E-state index contributed by atoms with van der Waals surface area (Å²) in [6, 6.07) is 0. The Morgan fingerprint density at radius 1 is 1.39 bits per heavy atom. The number of hydrogen-bond donors (Lipinski definition) is 1. The second-order valence-electron chi connectivity index (χ2n) is 5.70.